The molecular weight excluding hydrogens is 503 g/mol. The summed E-state index contributed by atoms with van der Waals surface area (Å²) in [5, 5.41) is 15.4. The lowest BCUT2D eigenvalue weighted by Gasteiger charge is -2.12. The van der Waals surface area contributed by atoms with Crippen LogP contribution < -0.4 is 14.6 Å². The molecule has 0 heterocycles. The molecule has 0 amide bonds. The van der Waals surface area contributed by atoms with Crippen LogP contribution >= 0.6 is 34.8 Å². The predicted molar refractivity (Wildman–Crippen MR) is 126 cm³/mol. The van der Waals surface area contributed by atoms with Gasteiger partial charge >= 0.3 is 0 Å². The van der Waals surface area contributed by atoms with E-state index in [1.165, 1.54) is 6.08 Å². The van der Waals surface area contributed by atoms with Crippen LogP contribution in [0.15, 0.2) is 83.6 Å². The summed E-state index contributed by atoms with van der Waals surface area (Å²) in [7, 11) is -2.33. The molecule has 0 saturated heterocycles. The highest BCUT2D eigenvalue weighted by Crippen LogP contribution is 2.36. The molecule has 0 saturated carbocycles. The van der Waals surface area contributed by atoms with Gasteiger partial charge in [0.1, 0.15) is 11.5 Å². The number of ether oxygens (including phenoxy) is 2. The monoisotopic (exact) mass is 520 g/mol. The Balaban J connectivity index is 0.000000533. The minimum atomic E-state index is -3.99. The van der Waals surface area contributed by atoms with Gasteiger partial charge in [-0.1, -0.05) is 48.0 Å². The Hall–Kier alpha value is -2.56. The summed E-state index contributed by atoms with van der Waals surface area (Å²) in [6.07, 6.45) is 3.42. The molecule has 8 nitrogen and oxygen atoms in total. The van der Waals surface area contributed by atoms with Crippen LogP contribution in [-0.2, 0) is 10.0 Å². The summed E-state index contributed by atoms with van der Waals surface area (Å²) < 4.78 is 32.9. The molecule has 172 valence electrons. The molecular formula is C20H19Cl3N2O6S. The molecule has 2 aromatic carbocycles. The molecule has 0 aliphatic carbocycles. The van der Waals surface area contributed by atoms with E-state index in [4.69, 9.17) is 49.4 Å². The van der Waals surface area contributed by atoms with Crippen molar-refractivity contribution >= 4 is 44.8 Å². The van der Waals surface area contributed by atoms with Crippen molar-refractivity contribution in [1.29, 1.82) is 0 Å². The van der Waals surface area contributed by atoms with E-state index in [1.807, 2.05) is 30.3 Å². The van der Waals surface area contributed by atoms with Crippen molar-refractivity contribution < 1.29 is 22.8 Å². The molecule has 2 rings (SSSR count). The van der Waals surface area contributed by atoms with Gasteiger partial charge in [0.2, 0.25) is 10.0 Å². The molecule has 0 atom stereocenters. The number of nitro groups is 1. The van der Waals surface area contributed by atoms with Crippen LogP contribution in [-0.4, -0.2) is 26.3 Å². The molecule has 0 unspecified atom stereocenters. The maximum absolute atomic E-state index is 11.3. The fraction of sp³-hybridized carbons (Fsp3) is 0.100. The first-order valence-corrected chi connectivity index (χ1v) is 11.4. The number of benzene rings is 2. The smallest absolute Gasteiger partial charge is 0.268 e. The number of hydrogen-bond donors (Lipinski definition) is 1. The van der Waals surface area contributed by atoms with E-state index in [2.05, 4.69) is 6.58 Å². The van der Waals surface area contributed by atoms with E-state index in [0.29, 0.717) is 0 Å². The lowest BCUT2D eigenvalue weighted by atomic mass is 10.3. The number of primary sulfonamides is 1. The second kappa shape index (κ2) is 13.1. The van der Waals surface area contributed by atoms with Crippen LogP contribution in [0, 0.1) is 10.1 Å². The van der Waals surface area contributed by atoms with Gasteiger partial charge in [0.25, 0.3) is 5.70 Å². The fourth-order valence-corrected chi connectivity index (χ4v) is 3.38. The van der Waals surface area contributed by atoms with Gasteiger partial charge in [-0.25, -0.2) is 13.6 Å². The Labute approximate surface area is 200 Å². The third kappa shape index (κ3) is 8.89. The van der Waals surface area contributed by atoms with E-state index >= 15 is 0 Å². The SMILES string of the molecule is C=C/C(=C\C=C(/CCl)Oc1c(Cl)cc(S(N)(=O)=O)cc1Cl)[N+](=O)[O-].COc1ccccc1. The number of alkyl halides is 1. The second-order valence-electron chi connectivity index (χ2n) is 5.70. The normalized spacial score (nSPS) is 11.8. The summed E-state index contributed by atoms with van der Waals surface area (Å²) >= 11 is 17.6. The van der Waals surface area contributed by atoms with Gasteiger partial charge in [-0.3, -0.25) is 10.1 Å². The fourth-order valence-electron chi connectivity index (χ4n) is 1.97. The van der Waals surface area contributed by atoms with Gasteiger partial charge < -0.3 is 9.47 Å². The van der Waals surface area contributed by atoms with Crippen molar-refractivity contribution in [3.63, 3.8) is 0 Å². The zero-order chi connectivity index (χ0) is 24.3. The number of nitrogens with two attached hydrogens (primary N) is 1. The van der Waals surface area contributed by atoms with Crippen LogP contribution in [0.3, 0.4) is 0 Å². The van der Waals surface area contributed by atoms with Crippen LogP contribution in [0.25, 0.3) is 0 Å². The maximum Gasteiger partial charge on any atom is 0.268 e. The minimum absolute atomic E-state index is 0.0627. The molecule has 32 heavy (non-hydrogen) atoms. The summed E-state index contributed by atoms with van der Waals surface area (Å²) in [4.78, 5) is 9.75. The Kier molecular flexibility index (Phi) is 11.2. The van der Waals surface area contributed by atoms with Crippen molar-refractivity contribution in [1.82, 2.24) is 0 Å². The highest BCUT2D eigenvalue weighted by Gasteiger charge is 2.17. The molecule has 12 heteroatoms. The second-order valence-corrected chi connectivity index (χ2v) is 8.34. The summed E-state index contributed by atoms with van der Waals surface area (Å²) in [6, 6.07) is 11.8. The largest absolute Gasteiger partial charge is 0.497 e. The van der Waals surface area contributed by atoms with Crippen molar-refractivity contribution in [3.8, 4) is 11.5 Å². The molecule has 0 radical (unpaired) electrons. The summed E-state index contributed by atoms with van der Waals surface area (Å²) in [5.41, 5.74) is -0.275. The Morgan fingerprint density at radius 3 is 2.12 bits per heavy atom. The van der Waals surface area contributed by atoms with E-state index in [9.17, 15) is 18.5 Å². The number of nitrogens with zero attached hydrogens (tertiary/aromatic N) is 1. The van der Waals surface area contributed by atoms with Gasteiger partial charge in [-0.15, -0.1) is 11.6 Å². The van der Waals surface area contributed by atoms with Crippen LogP contribution in [0.5, 0.6) is 11.5 Å². The van der Waals surface area contributed by atoms with Gasteiger partial charge in [-0.2, -0.15) is 0 Å². The average Bonchev–Trinajstić information content (AvgIpc) is 2.75. The van der Waals surface area contributed by atoms with E-state index in [0.717, 1.165) is 30.0 Å². The van der Waals surface area contributed by atoms with Crippen molar-refractivity contribution in [3.05, 3.63) is 98.9 Å². The van der Waals surface area contributed by atoms with Gasteiger partial charge in [0, 0.05) is 12.2 Å². The Morgan fingerprint density at radius 1 is 1.19 bits per heavy atom. The number of rotatable bonds is 8. The maximum atomic E-state index is 11.3. The first kappa shape index (κ1) is 27.5. The molecule has 0 aliphatic heterocycles. The van der Waals surface area contributed by atoms with Crippen LogP contribution in [0.1, 0.15) is 0 Å². The number of allylic oxidation sites excluding steroid dienone is 4. The highest BCUT2D eigenvalue weighted by atomic mass is 35.5. The van der Waals surface area contributed by atoms with Crippen molar-refractivity contribution in [2.45, 2.75) is 4.90 Å². The Morgan fingerprint density at radius 2 is 1.75 bits per heavy atom. The number of hydrogen-bond acceptors (Lipinski definition) is 6. The number of sulfonamides is 1. The summed E-state index contributed by atoms with van der Waals surface area (Å²) in [6.45, 7) is 3.31. The zero-order valence-corrected chi connectivity index (χ0v) is 19.8. The third-order valence-electron chi connectivity index (χ3n) is 3.50. The van der Waals surface area contributed by atoms with Crippen molar-refractivity contribution in [2.24, 2.45) is 5.14 Å². The van der Waals surface area contributed by atoms with Crippen molar-refractivity contribution in [2.75, 3.05) is 13.0 Å². The predicted octanol–water partition coefficient (Wildman–Crippen LogP) is 5.18. The van der Waals surface area contributed by atoms with E-state index in [-0.39, 0.29) is 38.0 Å². The Bertz CT molecular complexity index is 1100. The lowest BCUT2D eigenvalue weighted by molar-refractivity contribution is -0.418. The molecule has 0 bridgehead atoms. The van der Waals surface area contributed by atoms with Gasteiger partial charge in [-0.05, 0) is 30.3 Å². The summed E-state index contributed by atoms with van der Waals surface area (Å²) in [5.74, 6) is 0.784. The molecule has 2 aromatic rings. The van der Waals surface area contributed by atoms with Gasteiger partial charge in [0.05, 0.1) is 32.9 Å². The number of para-hydroxylation sites is 1. The third-order valence-corrected chi connectivity index (χ3v) is 5.22. The number of halogens is 3. The zero-order valence-electron chi connectivity index (χ0n) is 16.7. The highest BCUT2D eigenvalue weighted by molar-refractivity contribution is 7.89. The molecule has 0 aliphatic rings. The first-order chi connectivity index (χ1) is 15.0. The standard InChI is InChI=1S/C13H11Cl3N2O5S.C7H8O/c1-2-8(18(19)20)3-4-9(7-14)23-13-11(15)5-10(6-12(13)16)24(17,21)22;1-8-7-5-3-2-4-6-7/h2-6H,1,7H2,(H2,17,21,22);2-6H,1H3/b8-3+,9-4+;. The quantitative estimate of drug-likeness (QED) is 0.168. The van der Waals surface area contributed by atoms with E-state index < -0.39 is 14.9 Å². The van der Waals surface area contributed by atoms with Gasteiger partial charge in [0.15, 0.2) is 5.75 Å². The first-order valence-electron chi connectivity index (χ1n) is 8.55. The minimum Gasteiger partial charge on any atom is -0.497 e. The molecule has 2 N–H and O–H groups in total. The molecule has 0 fully saturated rings. The van der Waals surface area contributed by atoms with Crippen LogP contribution in [0.2, 0.25) is 10.0 Å². The van der Waals surface area contributed by atoms with Crippen LogP contribution in [0.4, 0.5) is 0 Å². The lowest BCUT2D eigenvalue weighted by Crippen LogP contribution is -2.12. The molecule has 0 spiro atoms. The number of methoxy groups -OCH3 is 1. The molecule has 0 aromatic heterocycles. The van der Waals surface area contributed by atoms with E-state index in [1.54, 1.807) is 7.11 Å². The topological polar surface area (TPSA) is 122 Å². The average molecular weight is 522 g/mol.